The van der Waals surface area contributed by atoms with Crippen LogP contribution < -0.4 is 10.6 Å². The summed E-state index contributed by atoms with van der Waals surface area (Å²) >= 11 is 3.38. The van der Waals surface area contributed by atoms with Gasteiger partial charge in [-0.25, -0.2) is 13.9 Å². The van der Waals surface area contributed by atoms with Crippen LogP contribution in [0.4, 0.5) is 20.7 Å². The summed E-state index contributed by atoms with van der Waals surface area (Å²) in [7, 11) is 0. The summed E-state index contributed by atoms with van der Waals surface area (Å²) in [6.45, 7) is 4.19. The van der Waals surface area contributed by atoms with Gasteiger partial charge in [-0.15, -0.1) is 0 Å². The minimum atomic E-state index is -0.380. The van der Waals surface area contributed by atoms with Crippen molar-refractivity contribution in [2.24, 2.45) is 5.92 Å². The van der Waals surface area contributed by atoms with Gasteiger partial charge in [-0.05, 0) is 54.4 Å². The number of urea groups is 1. The summed E-state index contributed by atoms with van der Waals surface area (Å²) in [6, 6.07) is 24.0. The Hall–Kier alpha value is -3.98. The first kappa shape index (κ1) is 26.1. The van der Waals surface area contributed by atoms with Crippen LogP contribution >= 0.6 is 15.9 Å². The Morgan fingerprint density at radius 1 is 0.973 bits per heavy atom. The second-order valence-corrected chi connectivity index (χ2v) is 9.84. The number of hydrogen-bond acceptors (Lipinski definition) is 3. The van der Waals surface area contributed by atoms with Gasteiger partial charge in [0.25, 0.3) is 0 Å². The Balaban J connectivity index is 1.56. The molecular formula is C28H27BrFN5O2. The average molecular weight is 564 g/mol. The lowest BCUT2D eigenvalue weighted by atomic mass is 10.1. The fraction of sp³-hybridized carbons (Fsp3) is 0.179. The minimum Gasteiger partial charge on any atom is -0.315 e. The molecule has 0 fully saturated rings. The predicted octanol–water partition coefficient (Wildman–Crippen LogP) is 6.57. The molecule has 0 radical (unpaired) electrons. The first-order valence-electron chi connectivity index (χ1n) is 11.8. The lowest BCUT2D eigenvalue weighted by Gasteiger charge is -2.24. The molecule has 1 aromatic heterocycles. The summed E-state index contributed by atoms with van der Waals surface area (Å²) in [4.78, 5) is 27.6. The minimum absolute atomic E-state index is 0.151. The number of benzene rings is 3. The number of hydrogen-bond donors (Lipinski definition) is 2. The lowest BCUT2D eigenvalue weighted by Crippen LogP contribution is -2.42. The first-order valence-corrected chi connectivity index (χ1v) is 12.6. The molecule has 1 heterocycles. The molecule has 0 atom stereocenters. The number of anilines is 2. The van der Waals surface area contributed by atoms with Crippen LogP contribution in [0.2, 0.25) is 0 Å². The molecule has 4 aromatic rings. The molecule has 0 unspecified atom stereocenters. The highest BCUT2D eigenvalue weighted by Crippen LogP contribution is 2.25. The molecule has 0 saturated heterocycles. The van der Waals surface area contributed by atoms with Gasteiger partial charge in [0.2, 0.25) is 5.91 Å². The maximum atomic E-state index is 13.5. The van der Waals surface area contributed by atoms with Crippen molar-refractivity contribution in [3.63, 3.8) is 0 Å². The van der Waals surface area contributed by atoms with Crippen molar-refractivity contribution in [2.45, 2.75) is 13.8 Å². The van der Waals surface area contributed by atoms with Crippen LogP contribution in [0.1, 0.15) is 13.8 Å². The summed E-state index contributed by atoms with van der Waals surface area (Å²) in [5, 5.41) is 10.4. The van der Waals surface area contributed by atoms with Crippen LogP contribution in [0.15, 0.2) is 89.4 Å². The number of rotatable bonds is 8. The van der Waals surface area contributed by atoms with E-state index in [4.69, 9.17) is 0 Å². The van der Waals surface area contributed by atoms with Gasteiger partial charge in [0, 0.05) is 28.3 Å². The molecular weight excluding hydrogens is 537 g/mol. The van der Waals surface area contributed by atoms with Crippen LogP contribution in [0.25, 0.3) is 16.9 Å². The number of carbonyl (C=O) groups is 2. The van der Waals surface area contributed by atoms with E-state index in [0.717, 1.165) is 10.0 Å². The Bertz CT molecular complexity index is 1360. The number of amides is 3. The Morgan fingerprint density at radius 2 is 1.65 bits per heavy atom. The molecule has 37 heavy (non-hydrogen) atoms. The predicted molar refractivity (Wildman–Crippen MR) is 147 cm³/mol. The maximum absolute atomic E-state index is 13.5. The van der Waals surface area contributed by atoms with Crippen LogP contribution in [-0.2, 0) is 4.79 Å². The highest BCUT2D eigenvalue weighted by Gasteiger charge is 2.21. The van der Waals surface area contributed by atoms with Crippen LogP contribution in [0.3, 0.4) is 0 Å². The van der Waals surface area contributed by atoms with Gasteiger partial charge in [-0.3, -0.25) is 4.79 Å². The summed E-state index contributed by atoms with van der Waals surface area (Å²) in [6.07, 6.45) is 0. The SMILES string of the molecule is CC(C)CN(CC(=O)Nc1cc(-c2ccccc2)nn1-c1ccc(F)cc1)C(=O)Nc1ccc(Br)cc1. The van der Waals surface area contributed by atoms with E-state index in [0.29, 0.717) is 29.4 Å². The fourth-order valence-electron chi connectivity index (χ4n) is 3.75. The molecule has 9 heteroatoms. The third kappa shape index (κ3) is 7.04. The molecule has 3 amide bonds. The largest absolute Gasteiger partial charge is 0.322 e. The normalized spacial score (nSPS) is 10.8. The highest BCUT2D eigenvalue weighted by atomic mass is 79.9. The van der Waals surface area contributed by atoms with Crippen molar-refractivity contribution in [3.05, 3.63) is 95.2 Å². The molecule has 190 valence electrons. The molecule has 2 N–H and O–H groups in total. The number of halogens is 2. The van der Waals surface area contributed by atoms with E-state index in [-0.39, 0.29) is 30.2 Å². The van der Waals surface area contributed by atoms with E-state index in [1.807, 2.05) is 56.3 Å². The summed E-state index contributed by atoms with van der Waals surface area (Å²) in [5.74, 6) is -0.188. The molecule has 4 rings (SSSR count). The van der Waals surface area contributed by atoms with Gasteiger partial charge < -0.3 is 15.5 Å². The fourth-order valence-corrected chi connectivity index (χ4v) is 4.02. The van der Waals surface area contributed by atoms with Gasteiger partial charge in [0.05, 0.1) is 11.4 Å². The molecule has 0 spiro atoms. The van der Waals surface area contributed by atoms with E-state index in [9.17, 15) is 14.0 Å². The standard InChI is InChI=1S/C28H27BrFN5O2/c1-19(2)17-34(28(37)31-23-12-8-21(29)9-13-23)18-27(36)32-26-16-25(20-6-4-3-5-7-20)33-35(26)24-14-10-22(30)11-15-24/h3-16,19H,17-18H2,1-2H3,(H,31,37)(H,32,36). The Morgan fingerprint density at radius 3 is 2.30 bits per heavy atom. The second kappa shape index (κ2) is 11.8. The maximum Gasteiger partial charge on any atom is 0.322 e. The van der Waals surface area contributed by atoms with E-state index in [1.54, 1.807) is 35.0 Å². The van der Waals surface area contributed by atoms with Crippen molar-refractivity contribution >= 4 is 39.4 Å². The molecule has 7 nitrogen and oxygen atoms in total. The number of carbonyl (C=O) groups excluding carboxylic acids is 2. The number of aromatic nitrogens is 2. The Labute approximate surface area is 223 Å². The van der Waals surface area contributed by atoms with E-state index >= 15 is 0 Å². The third-order valence-corrected chi connectivity index (χ3v) is 5.95. The van der Waals surface area contributed by atoms with Gasteiger partial charge in [-0.1, -0.05) is 60.1 Å². The monoisotopic (exact) mass is 563 g/mol. The van der Waals surface area contributed by atoms with Crippen LogP contribution in [0.5, 0.6) is 0 Å². The second-order valence-electron chi connectivity index (χ2n) is 8.93. The zero-order valence-corrected chi connectivity index (χ0v) is 22.1. The van der Waals surface area contributed by atoms with E-state index in [1.165, 1.54) is 17.0 Å². The molecule has 0 aliphatic rings. The molecule has 0 saturated carbocycles. The zero-order chi connectivity index (χ0) is 26.4. The zero-order valence-electron chi connectivity index (χ0n) is 20.5. The quantitative estimate of drug-likeness (QED) is 0.254. The Kier molecular flexibility index (Phi) is 8.35. The van der Waals surface area contributed by atoms with Gasteiger partial charge in [-0.2, -0.15) is 5.10 Å². The third-order valence-electron chi connectivity index (χ3n) is 5.42. The summed E-state index contributed by atoms with van der Waals surface area (Å²) in [5.41, 5.74) is 2.73. The van der Waals surface area contributed by atoms with Crippen molar-refractivity contribution in [1.82, 2.24) is 14.7 Å². The molecule has 0 aliphatic carbocycles. The van der Waals surface area contributed by atoms with Gasteiger partial charge in [0.15, 0.2) is 0 Å². The lowest BCUT2D eigenvalue weighted by molar-refractivity contribution is -0.116. The van der Waals surface area contributed by atoms with Crippen molar-refractivity contribution in [3.8, 4) is 16.9 Å². The van der Waals surface area contributed by atoms with Crippen molar-refractivity contribution in [2.75, 3.05) is 23.7 Å². The van der Waals surface area contributed by atoms with Crippen molar-refractivity contribution in [1.29, 1.82) is 0 Å². The molecule has 3 aromatic carbocycles. The average Bonchev–Trinajstić information content (AvgIpc) is 3.29. The molecule has 0 bridgehead atoms. The highest BCUT2D eigenvalue weighted by molar-refractivity contribution is 9.10. The number of nitrogens with zero attached hydrogens (tertiary/aromatic N) is 3. The van der Waals surface area contributed by atoms with Crippen molar-refractivity contribution < 1.29 is 14.0 Å². The van der Waals surface area contributed by atoms with Gasteiger partial charge >= 0.3 is 6.03 Å². The smallest absolute Gasteiger partial charge is 0.315 e. The van der Waals surface area contributed by atoms with E-state index < -0.39 is 0 Å². The first-order chi connectivity index (χ1) is 17.8. The van der Waals surface area contributed by atoms with E-state index in [2.05, 4.69) is 31.7 Å². The summed E-state index contributed by atoms with van der Waals surface area (Å²) < 4.78 is 16.0. The molecule has 0 aliphatic heterocycles. The van der Waals surface area contributed by atoms with Crippen LogP contribution in [0, 0.1) is 11.7 Å². The topological polar surface area (TPSA) is 79.3 Å². The van der Waals surface area contributed by atoms with Gasteiger partial charge in [0.1, 0.15) is 18.2 Å². The van der Waals surface area contributed by atoms with Crippen LogP contribution in [-0.4, -0.2) is 39.7 Å². The number of nitrogens with one attached hydrogen (secondary N) is 2.